The summed E-state index contributed by atoms with van der Waals surface area (Å²) >= 11 is 5.12. The fourth-order valence-electron chi connectivity index (χ4n) is 5.37. The molecule has 3 unspecified atom stereocenters. The first-order valence-electron chi connectivity index (χ1n) is 13.0. The Labute approximate surface area is 253 Å². The fourth-order valence-corrected chi connectivity index (χ4v) is 7.58. The van der Waals surface area contributed by atoms with Gasteiger partial charge in [-0.05, 0) is 11.8 Å². The first-order valence-corrected chi connectivity index (χ1v) is 16.7. The average Bonchev–Trinajstić information content (AvgIpc) is 3.72. The maximum atomic E-state index is 15.9. The SMILES string of the molecule is Nc1cc2c(ncn2[C@@H]2O[C@@H]3COP(O)(=S)O[C@@H]4C(CO[P+](=O)O[C@H]3[C@H]2F)O[C@@H](n2cnc3c(=O)[nH]c(N)nc32)[C@@H]4F)c(=O)[nH]1. The Bertz CT molecular complexity index is 1990. The van der Waals surface area contributed by atoms with Crippen molar-refractivity contribution in [1.29, 1.82) is 0 Å². The van der Waals surface area contributed by atoms with E-state index in [0.717, 1.165) is 17.2 Å². The molecule has 10 atom stereocenters. The van der Waals surface area contributed by atoms with Gasteiger partial charge in [0.1, 0.15) is 30.7 Å². The molecule has 0 aromatic carbocycles. The van der Waals surface area contributed by atoms with Crippen molar-refractivity contribution in [2.24, 2.45) is 0 Å². The predicted molar refractivity (Wildman–Crippen MR) is 151 cm³/mol. The van der Waals surface area contributed by atoms with Crippen LogP contribution in [0.5, 0.6) is 0 Å². The molecule has 0 spiro atoms. The third kappa shape index (κ3) is 5.35. The molecular formula is C21H22F2N9O10P2S+. The Balaban J connectivity index is 1.15. The molecule has 7 N–H and O–H groups in total. The second-order valence-electron chi connectivity index (χ2n) is 10.2. The van der Waals surface area contributed by atoms with Crippen molar-refractivity contribution < 1.29 is 45.8 Å². The van der Waals surface area contributed by atoms with E-state index in [-0.39, 0.29) is 34.0 Å². The lowest BCUT2D eigenvalue weighted by atomic mass is 10.1. The number of nitrogens with two attached hydrogens (primary N) is 2. The van der Waals surface area contributed by atoms with Crippen LogP contribution in [0.15, 0.2) is 28.3 Å². The number of hydrogen-bond donors (Lipinski definition) is 5. The first-order chi connectivity index (χ1) is 21.4. The summed E-state index contributed by atoms with van der Waals surface area (Å²) in [5, 5.41) is 0. The van der Waals surface area contributed by atoms with Crippen LogP contribution in [0, 0.1) is 0 Å². The maximum Gasteiger partial charge on any atom is 0.697 e. The minimum absolute atomic E-state index is 0.0141. The van der Waals surface area contributed by atoms with E-state index in [1.54, 1.807) is 0 Å². The number of aromatic amines is 2. The molecule has 3 saturated heterocycles. The van der Waals surface area contributed by atoms with Gasteiger partial charge in [0.15, 0.2) is 47.6 Å². The number of halogens is 2. The Morgan fingerprint density at radius 1 is 1.00 bits per heavy atom. The van der Waals surface area contributed by atoms with Gasteiger partial charge in [-0.2, -0.15) is 4.98 Å². The highest BCUT2D eigenvalue weighted by Crippen LogP contribution is 2.52. The summed E-state index contributed by atoms with van der Waals surface area (Å²) in [4.78, 5) is 51.8. The molecule has 240 valence electrons. The number of aromatic nitrogens is 7. The zero-order valence-corrected chi connectivity index (χ0v) is 24.9. The molecule has 0 saturated carbocycles. The summed E-state index contributed by atoms with van der Waals surface area (Å²) < 4.78 is 80.1. The highest BCUT2D eigenvalue weighted by Gasteiger charge is 2.55. The molecule has 0 bridgehead atoms. The Morgan fingerprint density at radius 2 is 1.64 bits per heavy atom. The maximum absolute atomic E-state index is 15.9. The minimum atomic E-state index is -4.30. The number of nitrogens with zero attached hydrogens (tertiary/aromatic N) is 5. The lowest BCUT2D eigenvalue weighted by Crippen LogP contribution is -2.36. The van der Waals surface area contributed by atoms with E-state index in [4.69, 9.17) is 50.8 Å². The van der Waals surface area contributed by atoms with Crippen molar-refractivity contribution in [2.75, 3.05) is 24.7 Å². The quantitative estimate of drug-likeness (QED) is 0.176. The molecule has 45 heavy (non-hydrogen) atoms. The molecule has 0 amide bonds. The van der Waals surface area contributed by atoms with Crippen LogP contribution < -0.4 is 22.6 Å². The van der Waals surface area contributed by atoms with Crippen LogP contribution in [0.25, 0.3) is 22.2 Å². The van der Waals surface area contributed by atoms with Crippen LogP contribution in [0.4, 0.5) is 20.5 Å². The molecule has 19 nitrogen and oxygen atoms in total. The van der Waals surface area contributed by atoms with Gasteiger partial charge in [0, 0.05) is 10.6 Å². The molecule has 3 aliphatic rings. The first kappa shape index (κ1) is 30.4. The molecule has 4 aromatic heterocycles. The summed E-state index contributed by atoms with van der Waals surface area (Å²) in [5.74, 6) is -0.276. The van der Waals surface area contributed by atoms with Crippen LogP contribution >= 0.6 is 15.0 Å². The Hall–Kier alpha value is -3.30. The second-order valence-corrected chi connectivity index (χ2v) is 13.9. The van der Waals surface area contributed by atoms with Crippen LogP contribution in [-0.4, -0.2) is 88.9 Å². The summed E-state index contributed by atoms with van der Waals surface area (Å²) in [6.45, 7) is -5.58. The van der Waals surface area contributed by atoms with Crippen molar-refractivity contribution in [3.63, 3.8) is 0 Å². The largest absolute Gasteiger partial charge is 0.697 e. The Morgan fingerprint density at radius 3 is 2.42 bits per heavy atom. The summed E-state index contributed by atoms with van der Waals surface area (Å²) in [5.41, 5.74) is 9.90. The lowest BCUT2D eigenvalue weighted by Gasteiger charge is -2.25. The molecule has 4 aromatic rings. The second kappa shape index (κ2) is 11.2. The monoisotopic (exact) mass is 692 g/mol. The van der Waals surface area contributed by atoms with Crippen LogP contribution in [0.1, 0.15) is 12.5 Å². The molecule has 7 rings (SSSR count). The normalized spacial score (nSPS) is 35.2. The van der Waals surface area contributed by atoms with E-state index in [0.29, 0.717) is 0 Å². The van der Waals surface area contributed by atoms with E-state index in [2.05, 4.69) is 24.9 Å². The number of pyridine rings is 1. The topological polar surface area (TPSA) is 259 Å². The van der Waals surface area contributed by atoms with E-state index in [1.807, 2.05) is 0 Å². The van der Waals surface area contributed by atoms with Crippen molar-refractivity contribution in [1.82, 2.24) is 34.1 Å². The van der Waals surface area contributed by atoms with Gasteiger partial charge < -0.3 is 39.9 Å². The number of H-pyrrole nitrogens is 2. The van der Waals surface area contributed by atoms with Crippen molar-refractivity contribution in [3.05, 3.63) is 39.4 Å². The van der Waals surface area contributed by atoms with E-state index in [9.17, 15) is 19.0 Å². The van der Waals surface area contributed by atoms with Gasteiger partial charge in [-0.25, -0.2) is 18.7 Å². The van der Waals surface area contributed by atoms with Crippen LogP contribution in [-0.2, 0) is 43.9 Å². The van der Waals surface area contributed by atoms with Crippen molar-refractivity contribution >= 4 is 60.7 Å². The summed E-state index contributed by atoms with van der Waals surface area (Å²) in [7, 11) is -3.08. The number of nitrogen functional groups attached to an aromatic ring is 2. The van der Waals surface area contributed by atoms with E-state index >= 15 is 8.78 Å². The number of nitrogens with one attached hydrogen (secondary N) is 2. The fraction of sp³-hybridized carbons (Fsp3) is 0.476. The van der Waals surface area contributed by atoms with Gasteiger partial charge in [0.05, 0.1) is 24.8 Å². The minimum Gasteiger partial charge on any atom is -0.385 e. The summed E-state index contributed by atoms with van der Waals surface area (Å²) in [6.07, 6.45) is -10.8. The predicted octanol–water partition coefficient (Wildman–Crippen LogP) is 0.185. The number of imidazole rings is 2. The highest BCUT2D eigenvalue weighted by atomic mass is 32.5. The molecular weight excluding hydrogens is 670 g/mol. The number of hydrogen-bond acceptors (Lipinski definition) is 15. The molecule has 24 heteroatoms. The standard InChI is InChI=1S/C21H21F2N9O10P2S/c22-10-14-8(40-19(10)31-4-26-12-6(31)1-9(24)28-17(12)33)3-38-44(36,45)42-15-7(2-37-43(35)41-14)39-20(11(15)23)32-5-27-13-16(32)29-21(25)30-18(13)34/h1,4-5,7-8,10-11,14-15,19-20H,2-3H2,(H6-,24,25,28,29,30,33,34,36,45)/p+1/t7?,8-,10-,11-,14-,15-,19-,20-,44?/m1/s1. The highest BCUT2D eigenvalue weighted by molar-refractivity contribution is 8.07. The van der Waals surface area contributed by atoms with E-state index < -0.39 is 88.5 Å². The lowest BCUT2D eigenvalue weighted by molar-refractivity contribution is -0.0558. The van der Waals surface area contributed by atoms with Crippen LogP contribution in [0.3, 0.4) is 0 Å². The smallest absolute Gasteiger partial charge is 0.385 e. The zero-order chi connectivity index (χ0) is 31.8. The number of rotatable bonds is 2. The third-order valence-electron chi connectivity index (χ3n) is 7.34. The molecule has 3 fully saturated rings. The molecule has 0 aliphatic carbocycles. The van der Waals surface area contributed by atoms with Crippen LogP contribution in [0.2, 0.25) is 0 Å². The van der Waals surface area contributed by atoms with Gasteiger partial charge >= 0.3 is 15.0 Å². The van der Waals surface area contributed by atoms with Crippen molar-refractivity contribution in [3.8, 4) is 0 Å². The van der Waals surface area contributed by atoms with Gasteiger partial charge in [0.2, 0.25) is 5.95 Å². The molecule has 3 aliphatic heterocycles. The van der Waals surface area contributed by atoms with Gasteiger partial charge in [0.25, 0.3) is 11.1 Å². The zero-order valence-electron chi connectivity index (χ0n) is 22.3. The van der Waals surface area contributed by atoms with Crippen molar-refractivity contribution in [2.45, 2.75) is 49.2 Å². The summed E-state index contributed by atoms with van der Waals surface area (Å²) in [6, 6.07) is 1.35. The third-order valence-corrected chi connectivity index (χ3v) is 9.67. The van der Waals surface area contributed by atoms with Gasteiger partial charge in [-0.1, -0.05) is 0 Å². The number of ether oxygens (including phenoxy) is 2. The molecule has 7 heterocycles. The molecule has 0 radical (unpaired) electrons. The number of fused-ring (bicyclic) bond motifs is 4. The van der Waals surface area contributed by atoms with E-state index in [1.165, 1.54) is 10.6 Å². The van der Waals surface area contributed by atoms with Gasteiger partial charge in [-0.15, -0.1) is 9.05 Å². The number of alkyl halides is 2. The average molecular weight is 692 g/mol. The number of anilines is 2. The Kier molecular flexibility index (Phi) is 7.55. The van der Waals surface area contributed by atoms with Gasteiger partial charge in [-0.3, -0.25) is 23.7 Å².